The SMILES string of the molecule is COc1ccc(C(=O)N2C3CC2CN(c2ccc(-c4cc(O)cn5ncc(C#N)c45)cn2)C3)cn1. The van der Waals surface area contributed by atoms with E-state index in [-0.39, 0.29) is 23.7 Å². The highest BCUT2D eigenvalue weighted by Gasteiger charge is 2.47. The number of anilines is 1. The maximum atomic E-state index is 13.0. The fourth-order valence-electron chi connectivity index (χ4n) is 5.05. The minimum Gasteiger partial charge on any atom is -0.506 e. The number of nitriles is 1. The van der Waals surface area contributed by atoms with Crippen molar-refractivity contribution in [2.24, 2.45) is 0 Å². The van der Waals surface area contributed by atoms with Gasteiger partial charge in [-0.3, -0.25) is 4.79 Å². The van der Waals surface area contributed by atoms with Gasteiger partial charge in [-0.25, -0.2) is 14.5 Å². The van der Waals surface area contributed by atoms with Crippen LogP contribution in [0.25, 0.3) is 16.6 Å². The number of piperidine rings is 1. The number of fused-ring (bicyclic) bond motifs is 3. The molecule has 1 N–H and O–H groups in total. The van der Waals surface area contributed by atoms with Crippen LogP contribution in [0.2, 0.25) is 0 Å². The summed E-state index contributed by atoms with van der Waals surface area (Å²) in [6.45, 7) is 1.41. The van der Waals surface area contributed by atoms with Crippen molar-refractivity contribution < 1.29 is 14.6 Å². The van der Waals surface area contributed by atoms with Gasteiger partial charge in [-0.15, -0.1) is 0 Å². The number of piperazine rings is 1. The van der Waals surface area contributed by atoms with Crippen molar-refractivity contribution in [2.75, 3.05) is 25.1 Å². The molecule has 1 amide bonds. The smallest absolute Gasteiger partial charge is 0.256 e. The summed E-state index contributed by atoms with van der Waals surface area (Å²) >= 11 is 0. The first-order valence-electron chi connectivity index (χ1n) is 11.2. The third-order valence-corrected chi connectivity index (χ3v) is 6.72. The lowest BCUT2D eigenvalue weighted by atomic mass is 9.86. The largest absolute Gasteiger partial charge is 0.506 e. The predicted molar refractivity (Wildman–Crippen MR) is 126 cm³/mol. The molecule has 10 nitrogen and oxygen atoms in total. The molecule has 3 aliphatic rings. The van der Waals surface area contributed by atoms with E-state index >= 15 is 0 Å². The number of methoxy groups -OCH3 is 1. The van der Waals surface area contributed by atoms with Gasteiger partial charge in [0.15, 0.2) is 0 Å². The topological polar surface area (TPSA) is 120 Å². The molecule has 7 rings (SSSR count). The molecule has 4 aromatic rings. The van der Waals surface area contributed by atoms with E-state index in [9.17, 15) is 15.2 Å². The summed E-state index contributed by atoms with van der Waals surface area (Å²) in [4.78, 5) is 26.0. The maximum absolute atomic E-state index is 13.0. The van der Waals surface area contributed by atoms with E-state index in [0.29, 0.717) is 41.2 Å². The fraction of sp³-hybridized carbons (Fsp3) is 0.240. The number of nitrogens with zero attached hydrogens (tertiary/aromatic N) is 7. The van der Waals surface area contributed by atoms with E-state index in [4.69, 9.17) is 4.74 Å². The van der Waals surface area contributed by atoms with Gasteiger partial charge in [-0.2, -0.15) is 10.4 Å². The molecule has 3 saturated heterocycles. The number of rotatable bonds is 4. The maximum Gasteiger partial charge on any atom is 0.256 e. The molecule has 7 heterocycles. The molecule has 3 aliphatic heterocycles. The normalized spacial score (nSPS) is 18.7. The number of aromatic hydroxyl groups is 1. The number of ether oxygens (including phenoxy) is 1. The molecule has 0 aliphatic carbocycles. The lowest BCUT2D eigenvalue weighted by Gasteiger charge is -2.56. The zero-order valence-electron chi connectivity index (χ0n) is 18.9. The standard InChI is InChI=1S/C25H21N7O3/c1-35-23-5-3-16(10-28-23)25(34)32-18-6-19(32)13-30(12-18)22-4-2-15(9-27-22)21-7-20(33)14-31-24(21)17(8-26)11-29-31/h2-5,7,9-11,14,18-19,33H,6,12-13H2,1H3. The molecule has 0 spiro atoms. The average Bonchev–Trinajstić information content (AvgIpc) is 3.31. The Hall–Kier alpha value is -4.65. The van der Waals surface area contributed by atoms with Crippen LogP contribution in [-0.2, 0) is 0 Å². The van der Waals surface area contributed by atoms with Crippen LogP contribution in [0.1, 0.15) is 22.3 Å². The number of carbonyl (C=O) groups excluding carboxylic acids is 1. The van der Waals surface area contributed by atoms with Gasteiger partial charge in [0.1, 0.15) is 17.6 Å². The van der Waals surface area contributed by atoms with Crippen LogP contribution in [0.5, 0.6) is 11.6 Å². The zero-order chi connectivity index (χ0) is 24.1. The summed E-state index contributed by atoms with van der Waals surface area (Å²) in [5, 5.41) is 23.7. The summed E-state index contributed by atoms with van der Waals surface area (Å²) in [6, 6.07) is 11.3. The Morgan fingerprint density at radius 3 is 2.63 bits per heavy atom. The van der Waals surface area contributed by atoms with Crippen molar-refractivity contribution in [3.8, 4) is 28.8 Å². The van der Waals surface area contributed by atoms with Gasteiger partial charge in [-0.05, 0) is 30.7 Å². The minimum atomic E-state index is -0.00799. The van der Waals surface area contributed by atoms with Crippen LogP contribution in [0, 0.1) is 11.3 Å². The summed E-state index contributed by atoms with van der Waals surface area (Å²) in [5.41, 5.74) is 3.07. The molecule has 2 atom stereocenters. The molecule has 2 unspecified atom stereocenters. The Bertz CT molecular complexity index is 1460. The second-order valence-electron chi connectivity index (χ2n) is 8.73. The summed E-state index contributed by atoms with van der Waals surface area (Å²) in [6.07, 6.45) is 7.23. The number of hydrogen-bond acceptors (Lipinski definition) is 8. The van der Waals surface area contributed by atoms with Gasteiger partial charge >= 0.3 is 0 Å². The summed E-state index contributed by atoms with van der Waals surface area (Å²) in [7, 11) is 1.55. The Kier molecular flexibility index (Phi) is 4.77. The second-order valence-corrected chi connectivity index (χ2v) is 8.73. The molecule has 10 heteroatoms. The van der Waals surface area contributed by atoms with E-state index < -0.39 is 0 Å². The second kappa shape index (κ2) is 7.99. The predicted octanol–water partition coefficient (Wildman–Crippen LogP) is 2.48. The van der Waals surface area contributed by atoms with E-state index in [0.717, 1.165) is 17.8 Å². The third kappa shape index (κ3) is 3.40. The molecular weight excluding hydrogens is 446 g/mol. The number of aromatic nitrogens is 4. The van der Waals surface area contributed by atoms with Gasteiger partial charge in [0.25, 0.3) is 5.91 Å². The highest BCUT2D eigenvalue weighted by Crippen LogP contribution is 2.36. The van der Waals surface area contributed by atoms with Crippen molar-refractivity contribution in [3.63, 3.8) is 0 Å². The van der Waals surface area contributed by atoms with Crippen molar-refractivity contribution in [2.45, 2.75) is 18.5 Å². The number of hydrogen-bond donors (Lipinski definition) is 1. The highest BCUT2D eigenvalue weighted by molar-refractivity contribution is 5.95. The van der Waals surface area contributed by atoms with E-state index in [1.807, 2.05) is 17.0 Å². The monoisotopic (exact) mass is 467 g/mol. The highest BCUT2D eigenvalue weighted by atomic mass is 16.5. The van der Waals surface area contributed by atoms with E-state index in [1.54, 1.807) is 37.7 Å². The first-order valence-corrected chi connectivity index (χ1v) is 11.2. The lowest BCUT2D eigenvalue weighted by Crippen LogP contribution is -2.70. The molecule has 0 saturated carbocycles. The average molecular weight is 467 g/mol. The molecule has 0 aromatic carbocycles. The molecule has 2 bridgehead atoms. The molecule has 0 radical (unpaired) electrons. The van der Waals surface area contributed by atoms with E-state index in [1.165, 1.54) is 16.9 Å². The van der Waals surface area contributed by atoms with Gasteiger partial charge in [-0.1, -0.05) is 0 Å². The molecule has 4 aromatic heterocycles. The number of amides is 1. The van der Waals surface area contributed by atoms with Gasteiger partial charge in [0.2, 0.25) is 5.88 Å². The lowest BCUT2D eigenvalue weighted by molar-refractivity contribution is 0.00572. The van der Waals surface area contributed by atoms with Crippen LogP contribution in [0.4, 0.5) is 5.82 Å². The molecular formula is C25H21N7O3. The fourth-order valence-corrected chi connectivity index (χ4v) is 5.05. The molecule has 35 heavy (non-hydrogen) atoms. The first-order chi connectivity index (χ1) is 17.1. The Balaban J connectivity index is 1.20. The summed E-state index contributed by atoms with van der Waals surface area (Å²) in [5.74, 6) is 1.35. The van der Waals surface area contributed by atoms with Gasteiger partial charge in [0.05, 0.1) is 48.2 Å². The quantitative estimate of drug-likeness (QED) is 0.486. The van der Waals surface area contributed by atoms with Crippen molar-refractivity contribution in [1.82, 2.24) is 24.5 Å². The minimum absolute atomic E-state index is 0.00799. The number of pyridine rings is 3. The van der Waals surface area contributed by atoms with E-state index in [2.05, 4.69) is 26.0 Å². The van der Waals surface area contributed by atoms with Gasteiger partial charge < -0.3 is 19.6 Å². The van der Waals surface area contributed by atoms with Crippen LogP contribution in [-0.4, -0.2) is 67.8 Å². The molecule has 174 valence electrons. The Morgan fingerprint density at radius 1 is 1.14 bits per heavy atom. The van der Waals surface area contributed by atoms with Crippen LogP contribution < -0.4 is 9.64 Å². The van der Waals surface area contributed by atoms with Crippen molar-refractivity contribution in [1.29, 1.82) is 5.26 Å². The molecule has 3 fully saturated rings. The van der Waals surface area contributed by atoms with Crippen LogP contribution in [0.3, 0.4) is 0 Å². The number of carbonyl (C=O) groups is 1. The van der Waals surface area contributed by atoms with Crippen molar-refractivity contribution >= 4 is 17.2 Å². The first kappa shape index (κ1) is 20.9. The Morgan fingerprint density at radius 2 is 1.97 bits per heavy atom. The van der Waals surface area contributed by atoms with Crippen LogP contribution in [0.15, 0.2) is 55.1 Å². The zero-order valence-corrected chi connectivity index (χ0v) is 18.9. The van der Waals surface area contributed by atoms with Crippen LogP contribution >= 0.6 is 0 Å². The van der Waals surface area contributed by atoms with Gasteiger partial charge in [0, 0.05) is 42.7 Å². The summed E-state index contributed by atoms with van der Waals surface area (Å²) < 4.78 is 6.58. The Labute approximate surface area is 200 Å². The van der Waals surface area contributed by atoms with Crippen molar-refractivity contribution in [3.05, 3.63) is 66.2 Å². The third-order valence-electron chi connectivity index (χ3n) is 6.72.